The third-order valence-electron chi connectivity index (χ3n) is 5.23. The maximum Gasteiger partial charge on any atom is 0.252 e. The Morgan fingerprint density at radius 2 is 2.00 bits per heavy atom. The van der Waals surface area contributed by atoms with Crippen molar-refractivity contribution in [3.05, 3.63) is 82.9 Å². The fourth-order valence-corrected chi connectivity index (χ4v) is 3.96. The van der Waals surface area contributed by atoms with Crippen molar-refractivity contribution in [3.8, 4) is 0 Å². The Hall–Kier alpha value is -2.66. The summed E-state index contributed by atoms with van der Waals surface area (Å²) < 4.78 is 24.2. The highest BCUT2D eigenvalue weighted by molar-refractivity contribution is 5.83. The highest BCUT2D eigenvalue weighted by Gasteiger charge is 2.37. The summed E-state index contributed by atoms with van der Waals surface area (Å²) in [5.41, 5.74) is 4.20. The van der Waals surface area contributed by atoms with Crippen LogP contribution < -0.4 is 0 Å². The fourth-order valence-electron chi connectivity index (χ4n) is 3.96. The third-order valence-corrected chi connectivity index (χ3v) is 5.23. The van der Waals surface area contributed by atoms with E-state index < -0.39 is 6.10 Å². The standard InChI is InChI=1S/C22H22FNO3/c1-26-13-15-12-20(27-14-15)22(25)24-11-10-16-4-2-3-5-19(16)21(24)17-6-8-18(23)9-7-17/h2-9,13,20-21H,10-12,14H2,1H3/b15-13+/t20-,21+/m1/s1. The molecule has 4 rings (SSSR count). The van der Waals surface area contributed by atoms with Crippen LogP contribution in [0.3, 0.4) is 0 Å². The first-order chi connectivity index (χ1) is 13.2. The number of ether oxygens (including phenoxy) is 2. The number of halogens is 1. The van der Waals surface area contributed by atoms with Gasteiger partial charge in [-0.3, -0.25) is 4.79 Å². The third kappa shape index (κ3) is 3.47. The molecule has 0 aromatic heterocycles. The molecule has 2 aromatic rings. The maximum absolute atomic E-state index is 13.4. The number of hydrogen-bond acceptors (Lipinski definition) is 3. The van der Waals surface area contributed by atoms with Crippen LogP contribution in [0.15, 0.2) is 60.4 Å². The van der Waals surface area contributed by atoms with E-state index in [0.29, 0.717) is 19.6 Å². The minimum Gasteiger partial charge on any atom is -0.504 e. The normalized spacial score (nSPS) is 23.3. The second kappa shape index (κ2) is 7.53. The highest BCUT2D eigenvalue weighted by atomic mass is 19.1. The second-order valence-electron chi connectivity index (χ2n) is 6.95. The van der Waals surface area contributed by atoms with Crippen molar-refractivity contribution in [2.24, 2.45) is 0 Å². The number of benzene rings is 2. The smallest absolute Gasteiger partial charge is 0.252 e. The first kappa shape index (κ1) is 17.7. The monoisotopic (exact) mass is 367 g/mol. The van der Waals surface area contributed by atoms with Crippen molar-refractivity contribution < 1.29 is 18.7 Å². The Labute approximate surface area is 158 Å². The van der Waals surface area contributed by atoms with Crippen LogP contribution in [0.5, 0.6) is 0 Å². The molecule has 140 valence electrons. The molecule has 0 bridgehead atoms. The summed E-state index contributed by atoms with van der Waals surface area (Å²) in [6.07, 6.45) is 2.49. The Bertz CT molecular complexity index is 862. The SMILES string of the molecule is CO/C=C1/CO[C@@H](C(=O)N2CCc3ccccc3[C@@H]2c2ccc(F)cc2)C1. The summed E-state index contributed by atoms with van der Waals surface area (Å²) in [4.78, 5) is 15.1. The average Bonchev–Trinajstić information content (AvgIpc) is 3.16. The van der Waals surface area contributed by atoms with Crippen LogP contribution in [0.25, 0.3) is 0 Å². The molecule has 1 fully saturated rings. The van der Waals surface area contributed by atoms with E-state index in [9.17, 15) is 9.18 Å². The van der Waals surface area contributed by atoms with E-state index in [2.05, 4.69) is 12.1 Å². The Morgan fingerprint density at radius 3 is 2.78 bits per heavy atom. The molecule has 2 aliphatic rings. The summed E-state index contributed by atoms with van der Waals surface area (Å²) in [5, 5.41) is 0. The fraction of sp³-hybridized carbons (Fsp3) is 0.318. The van der Waals surface area contributed by atoms with Crippen LogP contribution in [0, 0.1) is 5.82 Å². The predicted molar refractivity (Wildman–Crippen MR) is 99.6 cm³/mol. The molecule has 0 aliphatic carbocycles. The van der Waals surface area contributed by atoms with Gasteiger partial charge in [0, 0.05) is 13.0 Å². The van der Waals surface area contributed by atoms with Gasteiger partial charge in [0.2, 0.25) is 0 Å². The first-order valence-electron chi connectivity index (χ1n) is 9.13. The van der Waals surface area contributed by atoms with E-state index in [1.165, 1.54) is 17.7 Å². The molecule has 0 saturated carbocycles. The quantitative estimate of drug-likeness (QED) is 0.778. The van der Waals surface area contributed by atoms with E-state index >= 15 is 0 Å². The molecule has 2 aliphatic heterocycles. The van der Waals surface area contributed by atoms with Gasteiger partial charge in [-0.05, 0) is 40.8 Å². The summed E-state index contributed by atoms with van der Waals surface area (Å²) in [5.74, 6) is -0.312. The Morgan fingerprint density at radius 1 is 1.22 bits per heavy atom. The molecule has 2 heterocycles. The van der Waals surface area contributed by atoms with Crippen molar-refractivity contribution >= 4 is 5.91 Å². The summed E-state index contributed by atoms with van der Waals surface area (Å²) >= 11 is 0. The molecule has 4 nitrogen and oxygen atoms in total. The Balaban J connectivity index is 1.68. The minimum atomic E-state index is -0.500. The largest absolute Gasteiger partial charge is 0.504 e. The number of amides is 1. The van der Waals surface area contributed by atoms with Crippen molar-refractivity contribution in [2.75, 3.05) is 20.3 Å². The molecule has 1 amide bonds. The molecule has 2 aromatic carbocycles. The number of methoxy groups -OCH3 is 1. The minimum absolute atomic E-state index is 0.0293. The van der Waals surface area contributed by atoms with E-state index in [0.717, 1.165) is 23.1 Å². The molecule has 0 N–H and O–H groups in total. The molecule has 27 heavy (non-hydrogen) atoms. The highest BCUT2D eigenvalue weighted by Crippen LogP contribution is 2.36. The summed E-state index contributed by atoms with van der Waals surface area (Å²) in [7, 11) is 1.59. The van der Waals surface area contributed by atoms with Gasteiger partial charge in [0.1, 0.15) is 11.9 Å². The molecule has 5 heteroatoms. The van der Waals surface area contributed by atoms with Gasteiger partial charge >= 0.3 is 0 Å². The van der Waals surface area contributed by atoms with Crippen molar-refractivity contribution in [3.63, 3.8) is 0 Å². The zero-order valence-corrected chi connectivity index (χ0v) is 15.2. The summed E-state index contributed by atoms with van der Waals surface area (Å²) in [6.45, 7) is 1.02. The van der Waals surface area contributed by atoms with Gasteiger partial charge in [-0.15, -0.1) is 0 Å². The number of carbonyl (C=O) groups is 1. The summed E-state index contributed by atoms with van der Waals surface area (Å²) in [6, 6.07) is 14.3. The Kier molecular flexibility index (Phi) is 4.94. The second-order valence-corrected chi connectivity index (χ2v) is 6.95. The zero-order valence-electron chi connectivity index (χ0n) is 15.2. The van der Waals surface area contributed by atoms with Gasteiger partial charge in [-0.2, -0.15) is 0 Å². The van der Waals surface area contributed by atoms with Crippen LogP contribution in [-0.2, 0) is 20.7 Å². The van der Waals surface area contributed by atoms with E-state index in [1.54, 1.807) is 25.5 Å². The zero-order chi connectivity index (χ0) is 18.8. The number of hydrogen-bond donors (Lipinski definition) is 0. The lowest BCUT2D eigenvalue weighted by molar-refractivity contribution is -0.143. The van der Waals surface area contributed by atoms with Gasteiger partial charge in [0.25, 0.3) is 5.91 Å². The topological polar surface area (TPSA) is 38.8 Å². The molecule has 0 spiro atoms. The molecule has 1 saturated heterocycles. The molecular weight excluding hydrogens is 345 g/mol. The van der Waals surface area contributed by atoms with E-state index in [-0.39, 0.29) is 17.8 Å². The van der Waals surface area contributed by atoms with Crippen LogP contribution in [0.1, 0.15) is 29.2 Å². The lowest BCUT2D eigenvalue weighted by atomic mass is 9.87. The number of fused-ring (bicyclic) bond motifs is 1. The maximum atomic E-state index is 13.4. The number of carbonyl (C=O) groups excluding carboxylic acids is 1. The number of nitrogens with zero attached hydrogens (tertiary/aromatic N) is 1. The van der Waals surface area contributed by atoms with E-state index in [1.807, 2.05) is 17.0 Å². The lowest BCUT2D eigenvalue weighted by Crippen LogP contribution is -2.45. The van der Waals surface area contributed by atoms with Gasteiger partial charge < -0.3 is 14.4 Å². The van der Waals surface area contributed by atoms with Crippen LogP contribution >= 0.6 is 0 Å². The van der Waals surface area contributed by atoms with Crippen LogP contribution in [0.4, 0.5) is 4.39 Å². The van der Waals surface area contributed by atoms with Crippen LogP contribution in [0.2, 0.25) is 0 Å². The van der Waals surface area contributed by atoms with Gasteiger partial charge in [0.15, 0.2) is 0 Å². The van der Waals surface area contributed by atoms with Crippen LogP contribution in [-0.4, -0.2) is 37.2 Å². The van der Waals surface area contributed by atoms with E-state index in [4.69, 9.17) is 9.47 Å². The molecule has 0 unspecified atom stereocenters. The van der Waals surface area contributed by atoms with Crippen molar-refractivity contribution in [2.45, 2.75) is 25.0 Å². The predicted octanol–water partition coefficient (Wildman–Crippen LogP) is 3.62. The molecular formula is C22H22FNO3. The molecule has 2 atom stereocenters. The van der Waals surface area contributed by atoms with Gasteiger partial charge in [0.05, 0.1) is 26.0 Å². The first-order valence-corrected chi connectivity index (χ1v) is 9.13. The number of rotatable bonds is 3. The molecule has 0 radical (unpaired) electrons. The van der Waals surface area contributed by atoms with Gasteiger partial charge in [-0.25, -0.2) is 4.39 Å². The lowest BCUT2D eigenvalue weighted by Gasteiger charge is -2.38. The average molecular weight is 367 g/mol. The van der Waals surface area contributed by atoms with Crippen molar-refractivity contribution in [1.29, 1.82) is 0 Å². The van der Waals surface area contributed by atoms with Gasteiger partial charge in [-0.1, -0.05) is 36.4 Å². The van der Waals surface area contributed by atoms with Crippen molar-refractivity contribution in [1.82, 2.24) is 4.90 Å².